The summed E-state index contributed by atoms with van der Waals surface area (Å²) in [7, 11) is 1.54. The van der Waals surface area contributed by atoms with Gasteiger partial charge in [-0.2, -0.15) is 0 Å². The Labute approximate surface area is 171 Å². The predicted octanol–water partition coefficient (Wildman–Crippen LogP) is 2.05. The lowest BCUT2D eigenvalue weighted by atomic mass is 10.0. The highest BCUT2D eigenvalue weighted by Gasteiger charge is 2.27. The van der Waals surface area contributed by atoms with Crippen molar-refractivity contribution >= 4 is 17.8 Å². The Morgan fingerprint density at radius 1 is 1.07 bits per heavy atom. The Morgan fingerprint density at radius 3 is 2.48 bits per heavy atom. The summed E-state index contributed by atoms with van der Waals surface area (Å²) in [6, 6.07) is 8.52. The van der Waals surface area contributed by atoms with Crippen LogP contribution in [0.15, 0.2) is 42.5 Å². The van der Waals surface area contributed by atoms with Crippen LogP contribution in [0.2, 0.25) is 0 Å². The molecule has 1 aliphatic heterocycles. The standard InChI is InChI=1S/C22H29NO6/c1-15-8-7-11-20(24)28-13-16(2)21(25)23-18(12-17-9-5-4-6-10-17)22(26)29-14-19(15)27-3/h4-10,15-16,18-19H,11-14H2,1-3H3,(H,23,25)/b8-7+/t15-,16+,18+,19-/m1/s1. The average molecular weight is 403 g/mol. The normalized spacial score (nSPS) is 28.3. The van der Waals surface area contributed by atoms with Gasteiger partial charge in [0.25, 0.3) is 0 Å². The largest absolute Gasteiger partial charge is 0.465 e. The van der Waals surface area contributed by atoms with Crippen molar-refractivity contribution in [1.82, 2.24) is 5.32 Å². The minimum atomic E-state index is -0.850. The molecular weight excluding hydrogens is 374 g/mol. The van der Waals surface area contributed by atoms with Crippen molar-refractivity contribution in [1.29, 1.82) is 0 Å². The van der Waals surface area contributed by atoms with Gasteiger partial charge in [0.1, 0.15) is 19.3 Å². The van der Waals surface area contributed by atoms with Crippen molar-refractivity contribution in [3.8, 4) is 0 Å². The second-order valence-corrected chi connectivity index (χ2v) is 7.23. The molecule has 29 heavy (non-hydrogen) atoms. The number of benzene rings is 1. The van der Waals surface area contributed by atoms with Crippen LogP contribution in [0.4, 0.5) is 0 Å². The molecule has 1 aromatic carbocycles. The number of methoxy groups -OCH3 is 1. The van der Waals surface area contributed by atoms with Gasteiger partial charge in [0.15, 0.2) is 0 Å². The van der Waals surface area contributed by atoms with Crippen molar-refractivity contribution < 1.29 is 28.6 Å². The van der Waals surface area contributed by atoms with E-state index in [9.17, 15) is 14.4 Å². The fourth-order valence-corrected chi connectivity index (χ4v) is 2.91. The van der Waals surface area contributed by atoms with Gasteiger partial charge in [0, 0.05) is 19.4 Å². The summed E-state index contributed by atoms with van der Waals surface area (Å²) in [5.74, 6) is -1.99. The second-order valence-electron chi connectivity index (χ2n) is 7.23. The van der Waals surface area contributed by atoms with Gasteiger partial charge < -0.3 is 19.5 Å². The fraction of sp³-hybridized carbons (Fsp3) is 0.500. The Kier molecular flexibility index (Phi) is 8.86. The molecular formula is C22H29NO6. The molecule has 0 saturated carbocycles. The van der Waals surface area contributed by atoms with Crippen LogP contribution in [-0.4, -0.2) is 50.3 Å². The van der Waals surface area contributed by atoms with Gasteiger partial charge in [-0.15, -0.1) is 0 Å². The molecule has 0 spiro atoms. The number of rotatable bonds is 3. The summed E-state index contributed by atoms with van der Waals surface area (Å²) in [5.41, 5.74) is 0.895. The molecule has 0 aromatic heterocycles. The van der Waals surface area contributed by atoms with Crippen LogP contribution in [0.25, 0.3) is 0 Å². The molecule has 0 radical (unpaired) electrons. The van der Waals surface area contributed by atoms with E-state index in [2.05, 4.69) is 5.32 Å². The van der Waals surface area contributed by atoms with E-state index in [1.807, 2.05) is 43.3 Å². The molecule has 158 valence electrons. The van der Waals surface area contributed by atoms with Crippen LogP contribution in [0.1, 0.15) is 25.8 Å². The SMILES string of the molecule is CO[C@@H]1COC(=O)[C@H](Cc2ccccc2)NC(=O)[C@@H](C)COC(=O)C/C=C/[C@H]1C. The van der Waals surface area contributed by atoms with E-state index in [0.717, 1.165) is 5.56 Å². The third kappa shape index (κ3) is 7.34. The van der Waals surface area contributed by atoms with E-state index in [1.165, 1.54) is 7.11 Å². The Morgan fingerprint density at radius 2 is 1.79 bits per heavy atom. The topological polar surface area (TPSA) is 90.9 Å². The van der Waals surface area contributed by atoms with Gasteiger partial charge in [-0.05, 0) is 5.56 Å². The molecule has 0 unspecified atom stereocenters. The fourth-order valence-electron chi connectivity index (χ4n) is 2.91. The van der Waals surface area contributed by atoms with Gasteiger partial charge in [-0.1, -0.05) is 56.3 Å². The predicted molar refractivity (Wildman–Crippen MR) is 107 cm³/mol. The minimum Gasteiger partial charge on any atom is -0.465 e. The summed E-state index contributed by atoms with van der Waals surface area (Å²) in [6.45, 7) is 3.54. The van der Waals surface area contributed by atoms with E-state index < -0.39 is 23.9 Å². The van der Waals surface area contributed by atoms with Gasteiger partial charge in [0.2, 0.25) is 5.91 Å². The molecule has 0 saturated heterocycles. The molecule has 4 atom stereocenters. The van der Waals surface area contributed by atoms with Crippen LogP contribution < -0.4 is 5.32 Å². The van der Waals surface area contributed by atoms with Crippen LogP contribution in [0.5, 0.6) is 0 Å². The van der Waals surface area contributed by atoms with Crippen molar-refractivity contribution in [2.45, 2.75) is 38.8 Å². The zero-order valence-corrected chi connectivity index (χ0v) is 17.1. The summed E-state index contributed by atoms with van der Waals surface area (Å²) in [5, 5.41) is 2.73. The second kappa shape index (κ2) is 11.4. The molecule has 1 amide bonds. The zero-order chi connectivity index (χ0) is 21.2. The van der Waals surface area contributed by atoms with Crippen LogP contribution in [-0.2, 0) is 35.0 Å². The maximum absolute atomic E-state index is 12.7. The highest BCUT2D eigenvalue weighted by atomic mass is 16.6. The molecule has 1 heterocycles. The smallest absolute Gasteiger partial charge is 0.329 e. The molecule has 0 aliphatic carbocycles. The average Bonchev–Trinajstić information content (AvgIpc) is 2.72. The number of hydrogen-bond donors (Lipinski definition) is 1. The molecule has 1 aliphatic rings. The number of carbonyl (C=O) groups excluding carboxylic acids is 3. The van der Waals surface area contributed by atoms with Crippen molar-refractivity contribution in [3.05, 3.63) is 48.0 Å². The number of carbonyl (C=O) groups is 3. The maximum Gasteiger partial charge on any atom is 0.329 e. The Bertz CT molecular complexity index is 717. The quantitative estimate of drug-likeness (QED) is 0.614. The first-order valence-electron chi connectivity index (χ1n) is 9.76. The van der Waals surface area contributed by atoms with Gasteiger partial charge in [-0.25, -0.2) is 4.79 Å². The molecule has 0 fully saturated rings. The highest BCUT2D eigenvalue weighted by molar-refractivity contribution is 5.86. The highest BCUT2D eigenvalue weighted by Crippen LogP contribution is 2.13. The van der Waals surface area contributed by atoms with E-state index in [4.69, 9.17) is 14.2 Å². The lowest BCUT2D eigenvalue weighted by molar-refractivity contribution is -0.153. The molecule has 2 rings (SSSR count). The summed E-state index contributed by atoms with van der Waals surface area (Å²) >= 11 is 0. The molecule has 7 nitrogen and oxygen atoms in total. The number of amides is 1. The van der Waals surface area contributed by atoms with E-state index in [-0.39, 0.29) is 37.6 Å². The Balaban J connectivity index is 2.20. The first kappa shape index (κ1) is 22.6. The summed E-state index contributed by atoms with van der Waals surface area (Å²) < 4.78 is 16.1. The van der Waals surface area contributed by atoms with Crippen molar-refractivity contribution in [2.75, 3.05) is 20.3 Å². The van der Waals surface area contributed by atoms with Gasteiger partial charge in [-0.3, -0.25) is 9.59 Å². The lowest BCUT2D eigenvalue weighted by Crippen LogP contribution is -2.46. The van der Waals surface area contributed by atoms with Crippen molar-refractivity contribution in [3.63, 3.8) is 0 Å². The number of ether oxygens (including phenoxy) is 3. The van der Waals surface area contributed by atoms with Gasteiger partial charge in [0.05, 0.1) is 18.4 Å². The first-order chi connectivity index (χ1) is 13.9. The third-order valence-corrected chi connectivity index (χ3v) is 4.83. The number of nitrogens with one attached hydrogen (secondary N) is 1. The van der Waals surface area contributed by atoms with Crippen LogP contribution in [0, 0.1) is 11.8 Å². The number of hydrogen-bond acceptors (Lipinski definition) is 6. The molecule has 7 heteroatoms. The maximum atomic E-state index is 12.7. The zero-order valence-electron chi connectivity index (χ0n) is 17.1. The lowest BCUT2D eigenvalue weighted by Gasteiger charge is -2.23. The van der Waals surface area contributed by atoms with Crippen LogP contribution >= 0.6 is 0 Å². The third-order valence-electron chi connectivity index (χ3n) is 4.83. The summed E-state index contributed by atoms with van der Waals surface area (Å²) in [6.07, 6.45) is 3.56. The number of cyclic esters (lactones) is 2. The minimum absolute atomic E-state index is 0.0437. The van der Waals surface area contributed by atoms with E-state index in [1.54, 1.807) is 13.0 Å². The van der Waals surface area contributed by atoms with Crippen LogP contribution in [0.3, 0.4) is 0 Å². The first-order valence-corrected chi connectivity index (χ1v) is 9.76. The summed E-state index contributed by atoms with van der Waals surface area (Å²) in [4.78, 5) is 37.1. The molecule has 1 N–H and O–H groups in total. The van der Waals surface area contributed by atoms with Gasteiger partial charge >= 0.3 is 11.9 Å². The number of esters is 2. The monoisotopic (exact) mass is 403 g/mol. The van der Waals surface area contributed by atoms with E-state index in [0.29, 0.717) is 6.42 Å². The Hall–Kier alpha value is -2.67. The van der Waals surface area contributed by atoms with E-state index >= 15 is 0 Å². The molecule has 0 bridgehead atoms. The molecule has 1 aromatic rings. The van der Waals surface area contributed by atoms with Crippen molar-refractivity contribution in [2.24, 2.45) is 11.8 Å².